The van der Waals surface area contributed by atoms with Crippen molar-refractivity contribution in [1.82, 2.24) is 19.9 Å². The maximum absolute atomic E-state index is 5.31. The van der Waals surface area contributed by atoms with E-state index in [0.717, 1.165) is 63.7 Å². The lowest BCUT2D eigenvalue weighted by atomic mass is 9.86. The Morgan fingerprint density at radius 3 is 1.52 bits per heavy atom. The van der Waals surface area contributed by atoms with Gasteiger partial charge in [-0.2, -0.15) is 0 Å². The van der Waals surface area contributed by atoms with Crippen LogP contribution in [0.15, 0.2) is 146 Å². The second-order valence-corrected chi connectivity index (χ2v) is 11.0. The van der Waals surface area contributed by atoms with Gasteiger partial charge in [-0.1, -0.05) is 127 Å². The molecular weight excluding hydrogens is 536 g/mol. The first kappa shape index (κ1) is 25.9. The van der Waals surface area contributed by atoms with Crippen molar-refractivity contribution in [3.8, 4) is 67.8 Å². The van der Waals surface area contributed by atoms with Crippen LogP contribution in [0.4, 0.5) is 0 Å². The SMILES string of the molecule is c1ccc(-c2cc(-c3ccc4c(n3)-c3nc(-c5ccccc5)cc(-c5ccccc5)c3CC4)nc(-c3ccccc3)n2)cc1. The molecule has 4 nitrogen and oxygen atoms in total. The molecule has 8 rings (SSSR count). The summed E-state index contributed by atoms with van der Waals surface area (Å²) in [5.74, 6) is 0.678. The average molecular weight is 565 g/mol. The zero-order valence-electron chi connectivity index (χ0n) is 24.1. The number of aromatic nitrogens is 4. The molecule has 0 saturated carbocycles. The van der Waals surface area contributed by atoms with Crippen LogP contribution in [0, 0.1) is 0 Å². The summed E-state index contributed by atoms with van der Waals surface area (Å²) in [4.78, 5) is 20.6. The smallest absolute Gasteiger partial charge is 0.160 e. The lowest BCUT2D eigenvalue weighted by molar-refractivity contribution is 0.915. The van der Waals surface area contributed by atoms with Gasteiger partial charge in [0.15, 0.2) is 5.82 Å². The van der Waals surface area contributed by atoms with Gasteiger partial charge in [0.25, 0.3) is 0 Å². The molecule has 208 valence electrons. The van der Waals surface area contributed by atoms with Crippen molar-refractivity contribution in [2.45, 2.75) is 12.8 Å². The van der Waals surface area contributed by atoms with E-state index < -0.39 is 0 Å². The van der Waals surface area contributed by atoms with E-state index in [1.54, 1.807) is 0 Å². The summed E-state index contributed by atoms with van der Waals surface area (Å²) >= 11 is 0. The molecule has 1 aliphatic carbocycles. The van der Waals surface area contributed by atoms with E-state index >= 15 is 0 Å². The average Bonchev–Trinajstić information content (AvgIpc) is 3.12. The van der Waals surface area contributed by atoms with E-state index in [1.807, 2.05) is 60.7 Å². The molecule has 44 heavy (non-hydrogen) atoms. The van der Waals surface area contributed by atoms with E-state index in [0.29, 0.717) is 5.82 Å². The van der Waals surface area contributed by atoms with Gasteiger partial charge in [-0.15, -0.1) is 0 Å². The van der Waals surface area contributed by atoms with Crippen LogP contribution in [0.3, 0.4) is 0 Å². The molecule has 4 aromatic carbocycles. The van der Waals surface area contributed by atoms with Crippen molar-refractivity contribution in [3.05, 3.63) is 157 Å². The third-order valence-electron chi connectivity index (χ3n) is 8.22. The van der Waals surface area contributed by atoms with E-state index in [1.165, 1.54) is 22.3 Å². The minimum absolute atomic E-state index is 0.678. The number of nitrogens with zero attached hydrogens (tertiary/aromatic N) is 4. The highest BCUT2D eigenvalue weighted by molar-refractivity contribution is 5.83. The van der Waals surface area contributed by atoms with Gasteiger partial charge in [0, 0.05) is 16.7 Å². The Balaban J connectivity index is 1.32. The van der Waals surface area contributed by atoms with Crippen molar-refractivity contribution in [2.24, 2.45) is 0 Å². The van der Waals surface area contributed by atoms with Gasteiger partial charge in [0.05, 0.1) is 34.2 Å². The fourth-order valence-electron chi connectivity index (χ4n) is 6.00. The number of hydrogen-bond acceptors (Lipinski definition) is 4. The first-order valence-corrected chi connectivity index (χ1v) is 15.0. The normalized spacial score (nSPS) is 11.9. The molecule has 0 N–H and O–H groups in total. The van der Waals surface area contributed by atoms with Gasteiger partial charge in [0.2, 0.25) is 0 Å². The number of hydrogen-bond donors (Lipinski definition) is 0. The monoisotopic (exact) mass is 564 g/mol. The largest absolute Gasteiger partial charge is 0.246 e. The molecule has 0 atom stereocenters. The highest BCUT2D eigenvalue weighted by Crippen LogP contribution is 2.40. The Kier molecular flexibility index (Phi) is 6.58. The highest BCUT2D eigenvalue weighted by Gasteiger charge is 2.25. The molecule has 4 heteroatoms. The molecule has 0 fully saturated rings. The predicted octanol–water partition coefficient (Wildman–Crippen LogP) is 9.37. The fraction of sp³-hybridized carbons (Fsp3) is 0.0500. The second kappa shape index (κ2) is 11.2. The maximum Gasteiger partial charge on any atom is 0.160 e. The summed E-state index contributed by atoms with van der Waals surface area (Å²) in [5.41, 5.74) is 13.2. The summed E-state index contributed by atoms with van der Waals surface area (Å²) in [6, 6.07) is 50.0. The molecule has 0 spiro atoms. The van der Waals surface area contributed by atoms with Crippen molar-refractivity contribution < 1.29 is 0 Å². The molecule has 0 aliphatic heterocycles. The molecule has 0 unspecified atom stereocenters. The van der Waals surface area contributed by atoms with Crippen molar-refractivity contribution in [2.75, 3.05) is 0 Å². The Labute approximate surface area is 256 Å². The first-order valence-electron chi connectivity index (χ1n) is 15.0. The van der Waals surface area contributed by atoms with Crippen LogP contribution >= 0.6 is 0 Å². The lowest BCUT2D eigenvalue weighted by Crippen LogP contribution is -2.10. The van der Waals surface area contributed by atoms with Crippen molar-refractivity contribution in [1.29, 1.82) is 0 Å². The number of rotatable bonds is 5. The molecule has 7 aromatic rings. The van der Waals surface area contributed by atoms with Crippen molar-refractivity contribution in [3.63, 3.8) is 0 Å². The number of fused-ring (bicyclic) bond motifs is 3. The Morgan fingerprint density at radius 2 is 0.886 bits per heavy atom. The third-order valence-corrected chi connectivity index (χ3v) is 8.22. The van der Waals surface area contributed by atoms with E-state index in [-0.39, 0.29) is 0 Å². The van der Waals surface area contributed by atoms with Gasteiger partial charge in [-0.25, -0.2) is 19.9 Å². The molecule has 0 bridgehead atoms. The topological polar surface area (TPSA) is 51.6 Å². The van der Waals surface area contributed by atoms with Gasteiger partial charge >= 0.3 is 0 Å². The minimum atomic E-state index is 0.678. The van der Waals surface area contributed by atoms with Crippen LogP contribution in [0.1, 0.15) is 11.1 Å². The van der Waals surface area contributed by atoms with E-state index in [2.05, 4.69) is 84.9 Å². The van der Waals surface area contributed by atoms with Crippen molar-refractivity contribution >= 4 is 0 Å². The zero-order chi connectivity index (χ0) is 29.3. The van der Waals surface area contributed by atoms with Gasteiger partial charge < -0.3 is 0 Å². The summed E-state index contributed by atoms with van der Waals surface area (Å²) in [6.07, 6.45) is 1.83. The van der Waals surface area contributed by atoms with E-state index in [9.17, 15) is 0 Å². The minimum Gasteiger partial charge on any atom is -0.246 e. The van der Waals surface area contributed by atoms with Gasteiger partial charge in [-0.05, 0) is 53.3 Å². The van der Waals surface area contributed by atoms with Crippen LogP contribution in [0.25, 0.3) is 67.8 Å². The van der Waals surface area contributed by atoms with Crippen LogP contribution < -0.4 is 0 Å². The predicted molar refractivity (Wildman–Crippen MR) is 178 cm³/mol. The molecule has 0 amide bonds. The molecule has 1 aliphatic rings. The van der Waals surface area contributed by atoms with E-state index in [4.69, 9.17) is 19.9 Å². The molecule has 3 heterocycles. The number of pyridine rings is 2. The molecule has 0 saturated heterocycles. The van der Waals surface area contributed by atoms with Crippen LogP contribution in [0.5, 0.6) is 0 Å². The zero-order valence-corrected chi connectivity index (χ0v) is 24.1. The number of aryl methyl sites for hydroxylation is 1. The Hall–Kier alpha value is -5.74. The number of benzene rings is 4. The highest BCUT2D eigenvalue weighted by atomic mass is 14.9. The molecule has 0 radical (unpaired) electrons. The summed E-state index contributed by atoms with van der Waals surface area (Å²) in [7, 11) is 0. The summed E-state index contributed by atoms with van der Waals surface area (Å²) in [5, 5.41) is 0. The van der Waals surface area contributed by atoms with Gasteiger partial charge in [-0.3, -0.25) is 0 Å². The lowest BCUT2D eigenvalue weighted by Gasteiger charge is -2.23. The third kappa shape index (κ3) is 4.87. The summed E-state index contributed by atoms with van der Waals surface area (Å²) in [6.45, 7) is 0. The second-order valence-electron chi connectivity index (χ2n) is 11.0. The fourth-order valence-corrected chi connectivity index (χ4v) is 6.00. The standard InChI is InChI=1S/C40H28N4/c1-5-13-27(14-6-1)33-25-35(28-15-7-2-8-16-28)42-39-32(33)23-21-30-22-24-34(41-38(30)39)37-26-36(29-17-9-3-10-18-29)43-40(44-37)31-19-11-4-12-20-31/h1-20,22,24-26H,21,23H2. The van der Waals surface area contributed by atoms with Crippen LogP contribution in [0.2, 0.25) is 0 Å². The van der Waals surface area contributed by atoms with Crippen LogP contribution in [-0.4, -0.2) is 19.9 Å². The Bertz CT molecular complexity index is 2030. The van der Waals surface area contributed by atoms with Gasteiger partial charge in [0.1, 0.15) is 0 Å². The maximum atomic E-state index is 5.31. The quantitative estimate of drug-likeness (QED) is 0.209. The molecular formula is C40H28N4. The summed E-state index contributed by atoms with van der Waals surface area (Å²) < 4.78 is 0. The first-order chi connectivity index (χ1) is 21.8. The molecule has 3 aromatic heterocycles. The Morgan fingerprint density at radius 1 is 0.364 bits per heavy atom. The van der Waals surface area contributed by atoms with Crippen LogP contribution in [-0.2, 0) is 12.8 Å².